The summed E-state index contributed by atoms with van der Waals surface area (Å²) in [7, 11) is 0. The van der Waals surface area contributed by atoms with Gasteiger partial charge in [0.1, 0.15) is 5.69 Å². The van der Waals surface area contributed by atoms with E-state index in [0.29, 0.717) is 0 Å². The molecular formula is C11H7BrClN3O2S. The summed E-state index contributed by atoms with van der Waals surface area (Å²) in [5.74, 6) is 0. The van der Waals surface area contributed by atoms with Crippen LogP contribution >= 0.6 is 39.3 Å². The molecule has 1 aromatic carbocycles. The Morgan fingerprint density at radius 3 is 2.68 bits per heavy atom. The van der Waals surface area contributed by atoms with Gasteiger partial charge >= 0.3 is 5.69 Å². The van der Waals surface area contributed by atoms with Gasteiger partial charge in [0.2, 0.25) is 5.28 Å². The first-order valence-corrected chi connectivity index (χ1v) is 7.08. The van der Waals surface area contributed by atoms with Crippen molar-refractivity contribution in [2.75, 3.05) is 0 Å². The van der Waals surface area contributed by atoms with E-state index in [-0.39, 0.29) is 21.7 Å². The first-order valence-electron chi connectivity index (χ1n) is 5.10. The molecule has 19 heavy (non-hydrogen) atoms. The molecule has 0 aliphatic rings. The smallest absolute Gasteiger partial charge is 0.258 e. The molecule has 8 heteroatoms. The molecule has 0 spiro atoms. The van der Waals surface area contributed by atoms with E-state index in [4.69, 9.17) is 11.6 Å². The van der Waals surface area contributed by atoms with E-state index in [1.165, 1.54) is 18.7 Å². The van der Waals surface area contributed by atoms with Crippen molar-refractivity contribution in [1.29, 1.82) is 0 Å². The Balaban J connectivity index is 2.51. The maximum atomic E-state index is 11.1. The van der Waals surface area contributed by atoms with Crippen LogP contribution in [0, 0.1) is 17.0 Å². The Hall–Kier alpha value is -1.18. The van der Waals surface area contributed by atoms with Crippen LogP contribution < -0.4 is 0 Å². The summed E-state index contributed by atoms with van der Waals surface area (Å²) in [6, 6.07) is 7.39. The SMILES string of the molecule is Cc1nc(Cl)nc(Sc2ccccc2Br)c1[N+](=O)[O-]. The molecule has 0 fully saturated rings. The summed E-state index contributed by atoms with van der Waals surface area (Å²) in [6.07, 6.45) is 0. The molecule has 1 heterocycles. The quantitative estimate of drug-likeness (QED) is 0.354. The van der Waals surface area contributed by atoms with E-state index in [9.17, 15) is 10.1 Å². The largest absolute Gasteiger partial charge is 0.322 e. The van der Waals surface area contributed by atoms with Gasteiger partial charge in [0.25, 0.3) is 0 Å². The molecule has 0 aliphatic carbocycles. The standard InChI is InChI=1S/C11H7BrClN3O2S/c1-6-9(16(17)18)10(15-11(13)14-6)19-8-5-3-2-4-7(8)12/h2-5H,1H3. The van der Waals surface area contributed by atoms with Crippen LogP contribution in [0.2, 0.25) is 5.28 Å². The molecule has 98 valence electrons. The van der Waals surface area contributed by atoms with Crippen LogP contribution in [0.3, 0.4) is 0 Å². The van der Waals surface area contributed by atoms with Crippen LogP contribution in [0.15, 0.2) is 38.7 Å². The highest BCUT2D eigenvalue weighted by atomic mass is 79.9. The molecule has 0 aliphatic heterocycles. The van der Waals surface area contributed by atoms with E-state index in [1.54, 1.807) is 0 Å². The number of aryl methyl sites for hydroxylation is 1. The lowest BCUT2D eigenvalue weighted by Crippen LogP contribution is -2.00. The molecule has 0 amide bonds. The minimum Gasteiger partial charge on any atom is -0.258 e. The summed E-state index contributed by atoms with van der Waals surface area (Å²) in [5, 5.41) is 11.3. The van der Waals surface area contributed by atoms with E-state index >= 15 is 0 Å². The molecule has 0 saturated carbocycles. The number of rotatable bonds is 3. The maximum Gasteiger partial charge on any atom is 0.322 e. The van der Waals surface area contributed by atoms with Crippen molar-refractivity contribution in [3.8, 4) is 0 Å². The number of hydrogen-bond acceptors (Lipinski definition) is 5. The fourth-order valence-corrected chi connectivity index (χ4v) is 3.18. The fraction of sp³-hybridized carbons (Fsp3) is 0.0909. The summed E-state index contributed by atoms with van der Waals surface area (Å²) < 4.78 is 0.835. The third-order valence-corrected chi connectivity index (χ3v) is 4.40. The van der Waals surface area contributed by atoms with Crippen molar-refractivity contribution in [1.82, 2.24) is 9.97 Å². The average molecular weight is 361 g/mol. The summed E-state index contributed by atoms with van der Waals surface area (Å²) in [6.45, 7) is 1.54. The third-order valence-electron chi connectivity index (χ3n) is 2.22. The Bertz CT molecular complexity index is 654. The number of nitro groups is 1. The lowest BCUT2D eigenvalue weighted by Gasteiger charge is -2.05. The first kappa shape index (κ1) is 14.2. The molecule has 2 rings (SSSR count). The zero-order valence-electron chi connectivity index (χ0n) is 9.63. The Kier molecular flexibility index (Phi) is 4.38. The fourth-order valence-electron chi connectivity index (χ4n) is 1.42. The molecule has 1 aromatic heterocycles. The zero-order chi connectivity index (χ0) is 14.0. The number of benzene rings is 1. The van der Waals surface area contributed by atoms with Crippen molar-refractivity contribution in [2.24, 2.45) is 0 Å². The van der Waals surface area contributed by atoms with Crippen molar-refractivity contribution in [2.45, 2.75) is 16.8 Å². The van der Waals surface area contributed by atoms with Gasteiger partial charge in [0.05, 0.1) is 4.92 Å². The highest BCUT2D eigenvalue weighted by molar-refractivity contribution is 9.10. The molecule has 0 atom stereocenters. The molecular weight excluding hydrogens is 354 g/mol. The molecule has 2 aromatic rings. The Morgan fingerprint density at radius 2 is 2.05 bits per heavy atom. The topological polar surface area (TPSA) is 68.9 Å². The maximum absolute atomic E-state index is 11.1. The number of halogens is 2. The predicted molar refractivity (Wildman–Crippen MR) is 76.7 cm³/mol. The molecule has 0 saturated heterocycles. The van der Waals surface area contributed by atoms with Crippen LogP contribution in [0.25, 0.3) is 0 Å². The van der Waals surface area contributed by atoms with Crippen LogP contribution in [-0.2, 0) is 0 Å². The van der Waals surface area contributed by atoms with E-state index in [1.807, 2.05) is 24.3 Å². The van der Waals surface area contributed by atoms with Crippen LogP contribution in [0.1, 0.15) is 5.69 Å². The number of hydrogen-bond donors (Lipinski definition) is 0. The van der Waals surface area contributed by atoms with E-state index in [0.717, 1.165) is 9.37 Å². The highest BCUT2D eigenvalue weighted by Gasteiger charge is 2.23. The average Bonchev–Trinajstić information content (AvgIpc) is 2.30. The lowest BCUT2D eigenvalue weighted by atomic mass is 10.4. The Labute approximate surface area is 126 Å². The van der Waals surface area contributed by atoms with Gasteiger partial charge < -0.3 is 0 Å². The molecule has 0 bridgehead atoms. The normalized spacial score (nSPS) is 10.5. The van der Waals surface area contributed by atoms with Crippen molar-refractivity contribution in [3.05, 3.63) is 49.8 Å². The van der Waals surface area contributed by atoms with Gasteiger partial charge in [-0.2, -0.15) is 0 Å². The van der Waals surface area contributed by atoms with Crippen LogP contribution in [-0.4, -0.2) is 14.9 Å². The highest BCUT2D eigenvalue weighted by Crippen LogP contribution is 2.38. The van der Waals surface area contributed by atoms with Crippen molar-refractivity contribution in [3.63, 3.8) is 0 Å². The summed E-state index contributed by atoms with van der Waals surface area (Å²) in [4.78, 5) is 19.2. The second kappa shape index (κ2) is 5.85. The second-order valence-corrected chi connectivity index (χ2v) is 5.74. The predicted octanol–water partition coefficient (Wildman–Crippen LogP) is 4.26. The second-order valence-electron chi connectivity index (χ2n) is 3.52. The first-order chi connectivity index (χ1) is 8.99. The van der Waals surface area contributed by atoms with Gasteiger partial charge in [-0.25, -0.2) is 9.97 Å². The summed E-state index contributed by atoms with van der Waals surface area (Å²) in [5.41, 5.74) is 0.129. The molecule has 0 radical (unpaired) electrons. The lowest BCUT2D eigenvalue weighted by molar-refractivity contribution is -0.389. The summed E-state index contributed by atoms with van der Waals surface area (Å²) >= 11 is 10.3. The molecule has 5 nitrogen and oxygen atoms in total. The monoisotopic (exact) mass is 359 g/mol. The minimum atomic E-state index is -0.495. The van der Waals surface area contributed by atoms with Gasteiger partial charge in [-0.05, 0) is 46.6 Å². The van der Waals surface area contributed by atoms with Gasteiger partial charge in [-0.1, -0.05) is 23.9 Å². The van der Waals surface area contributed by atoms with Crippen molar-refractivity contribution < 1.29 is 4.92 Å². The minimum absolute atomic E-state index is 0.00217. The molecule has 0 N–H and O–H groups in total. The van der Waals surface area contributed by atoms with Crippen LogP contribution in [0.4, 0.5) is 5.69 Å². The third kappa shape index (κ3) is 3.23. The zero-order valence-corrected chi connectivity index (χ0v) is 12.8. The molecule has 0 unspecified atom stereocenters. The van der Waals surface area contributed by atoms with Gasteiger partial charge in [-0.3, -0.25) is 10.1 Å². The van der Waals surface area contributed by atoms with Crippen molar-refractivity contribution >= 4 is 45.0 Å². The number of aromatic nitrogens is 2. The number of nitrogens with zero attached hydrogens (tertiary/aromatic N) is 3. The van der Waals surface area contributed by atoms with Gasteiger partial charge in [0, 0.05) is 9.37 Å². The van der Waals surface area contributed by atoms with Gasteiger partial charge in [-0.15, -0.1) is 0 Å². The van der Waals surface area contributed by atoms with Crippen LogP contribution in [0.5, 0.6) is 0 Å². The van der Waals surface area contributed by atoms with E-state index < -0.39 is 4.92 Å². The van der Waals surface area contributed by atoms with Gasteiger partial charge in [0.15, 0.2) is 5.03 Å². The van der Waals surface area contributed by atoms with E-state index in [2.05, 4.69) is 25.9 Å². The Morgan fingerprint density at radius 1 is 1.37 bits per heavy atom.